The second-order valence-electron chi connectivity index (χ2n) is 8.66. The van der Waals surface area contributed by atoms with E-state index < -0.39 is 10.0 Å². The van der Waals surface area contributed by atoms with Crippen LogP contribution < -0.4 is 10.2 Å². The van der Waals surface area contributed by atoms with Gasteiger partial charge in [-0.2, -0.15) is 4.31 Å². The lowest BCUT2D eigenvalue weighted by Gasteiger charge is -2.31. The SMILES string of the molecule is CC(=O)c1cccc(S(=O)(=O)N2CCC(C(=O)Nc3ccccc3N(C)c3ccccc3)CC2)c1. The van der Waals surface area contributed by atoms with Crippen molar-refractivity contribution in [1.29, 1.82) is 0 Å². The Labute approximate surface area is 206 Å². The Kier molecular flexibility index (Phi) is 7.33. The molecule has 0 radical (unpaired) electrons. The second-order valence-corrected chi connectivity index (χ2v) is 10.6. The molecule has 0 aliphatic carbocycles. The van der Waals surface area contributed by atoms with Crippen LogP contribution in [0.25, 0.3) is 0 Å². The molecular formula is C27H29N3O4S. The number of para-hydroxylation sites is 3. The van der Waals surface area contributed by atoms with Crippen molar-refractivity contribution in [3.05, 3.63) is 84.4 Å². The molecule has 1 aliphatic heterocycles. The van der Waals surface area contributed by atoms with Crippen LogP contribution in [-0.4, -0.2) is 44.6 Å². The third-order valence-corrected chi connectivity index (χ3v) is 8.26. The van der Waals surface area contributed by atoms with Crippen molar-refractivity contribution in [3.8, 4) is 0 Å². The van der Waals surface area contributed by atoms with Crippen molar-refractivity contribution in [2.24, 2.45) is 5.92 Å². The molecule has 0 aromatic heterocycles. The van der Waals surface area contributed by atoms with Gasteiger partial charge in [0, 0.05) is 37.3 Å². The molecule has 1 amide bonds. The molecule has 1 aliphatic rings. The van der Waals surface area contributed by atoms with Gasteiger partial charge < -0.3 is 10.2 Å². The zero-order valence-electron chi connectivity index (χ0n) is 19.8. The number of carbonyl (C=O) groups is 2. The van der Waals surface area contributed by atoms with E-state index in [0.29, 0.717) is 24.1 Å². The number of hydrogen-bond donors (Lipinski definition) is 1. The average Bonchev–Trinajstić information content (AvgIpc) is 2.89. The summed E-state index contributed by atoms with van der Waals surface area (Å²) in [6.45, 7) is 1.90. The van der Waals surface area contributed by atoms with E-state index in [2.05, 4.69) is 5.32 Å². The molecule has 7 nitrogen and oxygen atoms in total. The summed E-state index contributed by atoms with van der Waals surface area (Å²) < 4.78 is 27.6. The third-order valence-electron chi connectivity index (χ3n) is 6.37. The highest BCUT2D eigenvalue weighted by molar-refractivity contribution is 7.89. The van der Waals surface area contributed by atoms with E-state index in [0.717, 1.165) is 11.4 Å². The Bertz CT molecular complexity index is 1320. The van der Waals surface area contributed by atoms with E-state index in [1.807, 2.05) is 66.5 Å². The highest BCUT2D eigenvalue weighted by Crippen LogP contribution is 2.32. The molecule has 3 aromatic rings. The zero-order valence-corrected chi connectivity index (χ0v) is 20.7. The van der Waals surface area contributed by atoms with Crippen LogP contribution in [0.5, 0.6) is 0 Å². The number of Topliss-reactive ketones (excluding diaryl/α,β-unsaturated/α-hetero) is 1. The topological polar surface area (TPSA) is 86.8 Å². The maximum absolute atomic E-state index is 13.1. The van der Waals surface area contributed by atoms with E-state index in [-0.39, 0.29) is 35.6 Å². The maximum Gasteiger partial charge on any atom is 0.243 e. The van der Waals surface area contributed by atoms with E-state index in [9.17, 15) is 18.0 Å². The first-order valence-electron chi connectivity index (χ1n) is 11.6. The molecule has 0 saturated carbocycles. The summed E-state index contributed by atoms with van der Waals surface area (Å²) in [5.74, 6) is -0.592. The minimum absolute atomic E-state index is 0.103. The number of nitrogens with one attached hydrogen (secondary N) is 1. The number of anilines is 3. The summed E-state index contributed by atoms with van der Waals surface area (Å²) in [7, 11) is -1.78. The number of sulfonamides is 1. The summed E-state index contributed by atoms with van der Waals surface area (Å²) in [4.78, 5) is 26.9. The number of nitrogens with zero attached hydrogens (tertiary/aromatic N) is 2. The van der Waals surface area contributed by atoms with Crippen LogP contribution in [0.2, 0.25) is 0 Å². The molecule has 0 spiro atoms. The molecule has 182 valence electrons. The molecule has 0 atom stereocenters. The third kappa shape index (κ3) is 5.44. The van der Waals surface area contributed by atoms with Gasteiger partial charge in [0.2, 0.25) is 15.9 Å². The molecule has 8 heteroatoms. The number of piperidine rings is 1. The maximum atomic E-state index is 13.1. The van der Waals surface area contributed by atoms with Gasteiger partial charge in [0.15, 0.2) is 5.78 Å². The predicted octanol–water partition coefficient (Wildman–Crippen LogP) is 4.70. The van der Waals surface area contributed by atoms with Crippen LogP contribution in [0, 0.1) is 5.92 Å². The monoisotopic (exact) mass is 491 g/mol. The molecule has 1 fully saturated rings. The van der Waals surface area contributed by atoms with Crippen LogP contribution in [0.15, 0.2) is 83.8 Å². The van der Waals surface area contributed by atoms with Gasteiger partial charge in [-0.15, -0.1) is 0 Å². The molecular weight excluding hydrogens is 462 g/mol. The van der Waals surface area contributed by atoms with Crippen LogP contribution >= 0.6 is 0 Å². The van der Waals surface area contributed by atoms with Crippen LogP contribution in [-0.2, 0) is 14.8 Å². The Morgan fingerprint density at radius 3 is 2.26 bits per heavy atom. The summed E-state index contributed by atoms with van der Waals surface area (Å²) in [6.07, 6.45) is 0.850. The quantitative estimate of drug-likeness (QED) is 0.484. The van der Waals surface area contributed by atoms with Gasteiger partial charge in [0.05, 0.1) is 16.3 Å². The number of benzene rings is 3. The number of rotatable bonds is 7. The largest absolute Gasteiger partial charge is 0.343 e. The molecule has 4 rings (SSSR count). The van der Waals surface area contributed by atoms with Gasteiger partial charge in [-0.1, -0.05) is 42.5 Å². The molecule has 1 saturated heterocycles. The Morgan fingerprint density at radius 2 is 1.57 bits per heavy atom. The standard InChI is InChI=1S/C27H29N3O4S/c1-20(31)22-9-8-12-24(19-22)35(33,34)30-17-15-21(16-18-30)27(32)28-25-13-6-7-14-26(25)29(2)23-10-4-3-5-11-23/h3-14,19,21H,15-18H2,1-2H3,(H,28,32). The number of carbonyl (C=O) groups excluding carboxylic acids is 2. The number of amides is 1. The van der Waals surface area contributed by atoms with Crippen molar-refractivity contribution in [3.63, 3.8) is 0 Å². The lowest BCUT2D eigenvalue weighted by molar-refractivity contribution is -0.120. The fourth-order valence-electron chi connectivity index (χ4n) is 4.28. The van der Waals surface area contributed by atoms with Gasteiger partial charge in [-0.25, -0.2) is 8.42 Å². The minimum Gasteiger partial charge on any atom is -0.343 e. The van der Waals surface area contributed by atoms with Crippen molar-refractivity contribution in [2.75, 3.05) is 30.4 Å². The van der Waals surface area contributed by atoms with Crippen LogP contribution in [0.1, 0.15) is 30.1 Å². The molecule has 35 heavy (non-hydrogen) atoms. The highest BCUT2D eigenvalue weighted by Gasteiger charge is 2.32. The van der Waals surface area contributed by atoms with Crippen LogP contribution in [0.4, 0.5) is 17.1 Å². The summed E-state index contributed by atoms with van der Waals surface area (Å²) in [5, 5.41) is 3.05. The first-order valence-corrected chi connectivity index (χ1v) is 13.0. The van der Waals surface area contributed by atoms with Crippen molar-refractivity contribution >= 4 is 38.8 Å². The van der Waals surface area contributed by atoms with Gasteiger partial charge in [0.25, 0.3) is 0 Å². The average molecular weight is 492 g/mol. The Balaban J connectivity index is 1.43. The van der Waals surface area contributed by atoms with E-state index in [4.69, 9.17) is 0 Å². The molecule has 1 heterocycles. The lowest BCUT2D eigenvalue weighted by Crippen LogP contribution is -2.41. The van der Waals surface area contributed by atoms with Crippen molar-refractivity contribution < 1.29 is 18.0 Å². The molecule has 3 aromatic carbocycles. The van der Waals surface area contributed by atoms with E-state index in [1.165, 1.54) is 23.4 Å². The highest BCUT2D eigenvalue weighted by atomic mass is 32.2. The van der Waals surface area contributed by atoms with Gasteiger partial charge >= 0.3 is 0 Å². The van der Waals surface area contributed by atoms with Crippen molar-refractivity contribution in [1.82, 2.24) is 4.31 Å². The molecule has 0 bridgehead atoms. The van der Waals surface area contributed by atoms with Crippen molar-refractivity contribution in [2.45, 2.75) is 24.7 Å². The zero-order chi connectivity index (χ0) is 25.0. The van der Waals surface area contributed by atoms with Gasteiger partial charge in [-0.05, 0) is 56.2 Å². The summed E-state index contributed by atoms with van der Waals surface area (Å²) in [5.41, 5.74) is 2.94. The summed E-state index contributed by atoms with van der Waals surface area (Å²) >= 11 is 0. The lowest BCUT2D eigenvalue weighted by atomic mass is 9.97. The Morgan fingerprint density at radius 1 is 0.914 bits per heavy atom. The fraction of sp³-hybridized carbons (Fsp3) is 0.259. The second kappa shape index (κ2) is 10.4. The van der Waals surface area contributed by atoms with Crippen LogP contribution in [0.3, 0.4) is 0 Å². The number of ketones is 1. The van der Waals surface area contributed by atoms with Gasteiger partial charge in [-0.3, -0.25) is 9.59 Å². The van der Waals surface area contributed by atoms with E-state index >= 15 is 0 Å². The number of hydrogen-bond acceptors (Lipinski definition) is 5. The smallest absolute Gasteiger partial charge is 0.243 e. The first-order chi connectivity index (χ1) is 16.8. The predicted molar refractivity (Wildman–Crippen MR) is 138 cm³/mol. The Hall–Kier alpha value is -3.49. The molecule has 0 unspecified atom stereocenters. The minimum atomic E-state index is -3.73. The first kappa shape index (κ1) is 24.6. The molecule has 1 N–H and O–H groups in total. The fourth-order valence-corrected chi connectivity index (χ4v) is 5.80. The van der Waals surface area contributed by atoms with Gasteiger partial charge in [0.1, 0.15) is 0 Å². The van der Waals surface area contributed by atoms with E-state index in [1.54, 1.807) is 12.1 Å². The summed E-state index contributed by atoms with van der Waals surface area (Å²) in [6, 6.07) is 23.6. The normalized spacial score (nSPS) is 14.9.